The number of carbonyl (C=O) groups is 2. The molecule has 1 aromatic carbocycles. The number of hydrogen-bond acceptors (Lipinski definition) is 4. The molecule has 6 nitrogen and oxygen atoms in total. The van der Waals surface area contributed by atoms with E-state index in [0.717, 1.165) is 12.3 Å². The van der Waals surface area contributed by atoms with Gasteiger partial charge in [-0.2, -0.15) is 0 Å². The Balaban J connectivity index is 2.16. The Morgan fingerprint density at radius 3 is 2.71 bits per heavy atom. The monoisotopic (exact) mass is 334 g/mol. The number of halogens is 2. The minimum Gasteiger partial charge on any atom is -0.311 e. The fourth-order valence-electron chi connectivity index (χ4n) is 2.05. The highest BCUT2D eigenvalue weighted by Crippen LogP contribution is 2.28. The number of nitrogens with zero attached hydrogens (tertiary/aromatic N) is 1. The highest BCUT2D eigenvalue weighted by molar-refractivity contribution is 7.89. The minimum atomic E-state index is -3.68. The summed E-state index contributed by atoms with van der Waals surface area (Å²) in [6, 6.07) is 3.86. The molecule has 1 N–H and O–H groups in total. The van der Waals surface area contributed by atoms with Gasteiger partial charge in [-0.05, 0) is 18.2 Å². The lowest BCUT2D eigenvalue weighted by atomic mass is 10.1. The normalized spacial score (nSPS) is 18.9. The van der Waals surface area contributed by atoms with E-state index in [-0.39, 0.29) is 29.6 Å². The van der Waals surface area contributed by atoms with Crippen LogP contribution >= 0.6 is 11.6 Å². The summed E-state index contributed by atoms with van der Waals surface area (Å²) in [7, 11) is -3.68. The third-order valence-corrected chi connectivity index (χ3v) is 3.88. The molecule has 114 valence electrons. The first-order valence-corrected chi connectivity index (χ1v) is 8.21. The maximum Gasteiger partial charge on any atom is 0.238 e. The van der Waals surface area contributed by atoms with E-state index in [4.69, 9.17) is 11.6 Å². The van der Waals surface area contributed by atoms with Crippen molar-refractivity contribution >= 4 is 39.1 Å². The Morgan fingerprint density at radius 1 is 1.48 bits per heavy atom. The first kappa shape index (κ1) is 15.7. The molecule has 0 radical (unpaired) electrons. The van der Waals surface area contributed by atoms with E-state index in [1.54, 1.807) is 0 Å². The lowest BCUT2D eigenvalue weighted by Gasteiger charge is -2.16. The molecule has 1 fully saturated rings. The SMILES string of the molecule is CS(=O)(=O)NC(=O)C1CC(=O)N(c2ccc(Cl)c(F)c2)C1. The molecule has 1 unspecified atom stereocenters. The number of nitrogens with one attached hydrogen (secondary N) is 1. The minimum absolute atomic E-state index is 0.0126. The van der Waals surface area contributed by atoms with Crippen LogP contribution in [0.3, 0.4) is 0 Å². The van der Waals surface area contributed by atoms with Crippen LogP contribution in [0.15, 0.2) is 18.2 Å². The predicted molar refractivity (Wildman–Crippen MR) is 74.9 cm³/mol. The van der Waals surface area contributed by atoms with Crippen molar-refractivity contribution in [1.29, 1.82) is 0 Å². The number of carbonyl (C=O) groups excluding carboxylic acids is 2. The van der Waals surface area contributed by atoms with Crippen molar-refractivity contribution in [2.75, 3.05) is 17.7 Å². The summed E-state index contributed by atoms with van der Waals surface area (Å²) in [5.41, 5.74) is 0.275. The second-order valence-corrected chi connectivity index (χ2v) is 6.90. The van der Waals surface area contributed by atoms with Gasteiger partial charge in [-0.1, -0.05) is 11.6 Å². The van der Waals surface area contributed by atoms with E-state index in [2.05, 4.69) is 0 Å². The van der Waals surface area contributed by atoms with Gasteiger partial charge in [-0.15, -0.1) is 0 Å². The van der Waals surface area contributed by atoms with Crippen LogP contribution in [-0.4, -0.2) is 33.0 Å². The largest absolute Gasteiger partial charge is 0.311 e. The predicted octanol–water partition coefficient (Wildman–Crippen LogP) is 0.908. The van der Waals surface area contributed by atoms with E-state index in [9.17, 15) is 22.4 Å². The molecular formula is C12H12ClFN2O4S. The zero-order valence-electron chi connectivity index (χ0n) is 11.0. The molecule has 0 saturated carbocycles. The lowest BCUT2D eigenvalue weighted by molar-refractivity contribution is -0.124. The van der Waals surface area contributed by atoms with Crippen molar-refractivity contribution in [3.8, 4) is 0 Å². The van der Waals surface area contributed by atoms with E-state index in [0.29, 0.717) is 0 Å². The third-order valence-electron chi connectivity index (χ3n) is 3.00. The zero-order valence-corrected chi connectivity index (χ0v) is 12.5. The van der Waals surface area contributed by atoms with Crippen molar-refractivity contribution in [1.82, 2.24) is 4.72 Å². The first-order valence-electron chi connectivity index (χ1n) is 5.94. The second kappa shape index (κ2) is 5.61. The molecule has 0 spiro atoms. The van der Waals surface area contributed by atoms with Crippen LogP contribution in [0.2, 0.25) is 5.02 Å². The van der Waals surface area contributed by atoms with Crippen molar-refractivity contribution in [3.05, 3.63) is 29.0 Å². The van der Waals surface area contributed by atoms with Crippen molar-refractivity contribution in [3.63, 3.8) is 0 Å². The van der Waals surface area contributed by atoms with E-state index in [1.165, 1.54) is 17.0 Å². The van der Waals surface area contributed by atoms with E-state index >= 15 is 0 Å². The van der Waals surface area contributed by atoms with Gasteiger partial charge in [0, 0.05) is 18.7 Å². The highest BCUT2D eigenvalue weighted by Gasteiger charge is 2.36. The Hall–Kier alpha value is -1.67. The molecule has 1 heterocycles. The number of rotatable bonds is 3. The lowest BCUT2D eigenvalue weighted by Crippen LogP contribution is -2.36. The summed E-state index contributed by atoms with van der Waals surface area (Å²) in [6.07, 6.45) is 0.722. The number of hydrogen-bond donors (Lipinski definition) is 1. The van der Waals surface area contributed by atoms with Gasteiger partial charge in [0.05, 0.1) is 17.2 Å². The quantitative estimate of drug-likeness (QED) is 0.890. The third kappa shape index (κ3) is 3.70. The molecule has 1 saturated heterocycles. The Kier molecular flexibility index (Phi) is 4.20. The average molecular weight is 335 g/mol. The Morgan fingerprint density at radius 2 is 2.14 bits per heavy atom. The van der Waals surface area contributed by atoms with Gasteiger partial charge < -0.3 is 4.90 Å². The molecule has 21 heavy (non-hydrogen) atoms. The second-order valence-electron chi connectivity index (χ2n) is 4.74. The van der Waals surface area contributed by atoms with E-state index in [1.807, 2.05) is 4.72 Å². The molecule has 1 aromatic rings. The maximum atomic E-state index is 13.4. The van der Waals surface area contributed by atoms with Crippen molar-refractivity contribution < 1.29 is 22.4 Å². The number of benzene rings is 1. The summed E-state index contributed by atoms with van der Waals surface area (Å²) < 4.78 is 37.3. The number of anilines is 1. The summed E-state index contributed by atoms with van der Waals surface area (Å²) in [5, 5.41) is -0.0724. The smallest absolute Gasteiger partial charge is 0.238 e. The molecule has 0 aromatic heterocycles. The highest BCUT2D eigenvalue weighted by atomic mass is 35.5. The molecule has 2 rings (SSSR count). The number of amides is 2. The zero-order chi connectivity index (χ0) is 15.8. The molecular weight excluding hydrogens is 323 g/mol. The Bertz CT molecular complexity index is 707. The summed E-state index contributed by atoms with van der Waals surface area (Å²) >= 11 is 5.57. The topological polar surface area (TPSA) is 83.5 Å². The summed E-state index contributed by atoms with van der Waals surface area (Å²) in [6.45, 7) is -0.0126. The van der Waals surface area contributed by atoms with Gasteiger partial charge >= 0.3 is 0 Å². The summed E-state index contributed by atoms with van der Waals surface area (Å²) in [5.74, 6) is -2.61. The van der Waals surface area contributed by atoms with Crippen molar-refractivity contribution in [2.24, 2.45) is 5.92 Å². The average Bonchev–Trinajstić information content (AvgIpc) is 2.73. The Labute approximate surface area is 125 Å². The van der Waals surface area contributed by atoms with Gasteiger partial charge in [0.25, 0.3) is 0 Å². The van der Waals surface area contributed by atoms with Crippen LogP contribution < -0.4 is 9.62 Å². The van der Waals surface area contributed by atoms with Crippen LogP contribution in [-0.2, 0) is 19.6 Å². The van der Waals surface area contributed by atoms with Gasteiger partial charge in [-0.3, -0.25) is 14.3 Å². The summed E-state index contributed by atoms with van der Waals surface area (Å²) in [4.78, 5) is 24.9. The van der Waals surface area contributed by atoms with E-state index < -0.39 is 27.7 Å². The maximum absolute atomic E-state index is 13.4. The van der Waals surface area contributed by atoms with Crippen LogP contribution in [0.25, 0.3) is 0 Å². The van der Waals surface area contributed by atoms with Crippen LogP contribution in [0.1, 0.15) is 6.42 Å². The van der Waals surface area contributed by atoms with Crippen molar-refractivity contribution in [2.45, 2.75) is 6.42 Å². The fraction of sp³-hybridized carbons (Fsp3) is 0.333. The van der Waals surface area contributed by atoms with Gasteiger partial charge in [0.15, 0.2) is 0 Å². The molecule has 0 bridgehead atoms. The van der Waals surface area contributed by atoms with Crippen LogP contribution in [0.5, 0.6) is 0 Å². The van der Waals surface area contributed by atoms with Gasteiger partial charge in [0.1, 0.15) is 5.82 Å². The molecule has 9 heteroatoms. The van der Waals surface area contributed by atoms with Crippen LogP contribution in [0.4, 0.5) is 10.1 Å². The first-order chi connectivity index (χ1) is 9.67. The molecule has 1 atom stereocenters. The fourth-order valence-corrected chi connectivity index (χ4v) is 2.70. The van der Waals surface area contributed by atoms with Crippen LogP contribution in [0, 0.1) is 11.7 Å². The number of sulfonamides is 1. The molecule has 1 aliphatic rings. The molecule has 2 amide bonds. The van der Waals surface area contributed by atoms with Gasteiger partial charge in [-0.25, -0.2) is 12.8 Å². The molecule has 0 aliphatic carbocycles. The standard InChI is InChI=1S/C12H12ClFN2O4S/c1-21(19,20)15-12(18)7-4-11(17)16(6-7)8-2-3-9(13)10(14)5-8/h2-3,5,7H,4,6H2,1H3,(H,15,18). The van der Waals surface area contributed by atoms with Gasteiger partial charge in [0.2, 0.25) is 21.8 Å². The molecule has 1 aliphatic heterocycles.